The van der Waals surface area contributed by atoms with Crippen molar-refractivity contribution in [2.24, 2.45) is 10.8 Å². The number of hydrogen-bond donors (Lipinski definition) is 0. The minimum Gasteiger partial charge on any atom is -0.460 e. The molecule has 0 saturated heterocycles. The number of unbranched alkanes of at least 4 members (excludes halogenated alkanes) is 8. The molecule has 0 atom stereocenters. The van der Waals surface area contributed by atoms with Crippen molar-refractivity contribution in [2.45, 2.75) is 149 Å². The van der Waals surface area contributed by atoms with Crippen LogP contribution in [0.5, 0.6) is 0 Å². The Kier molecular flexibility index (Phi) is 9.05. The van der Waals surface area contributed by atoms with Crippen molar-refractivity contribution in [3.63, 3.8) is 0 Å². The van der Waals surface area contributed by atoms with Crippen molar-refractivity contribution in [1.82, 2.24) is 0 Å². The fraction of sp³-hybridized carbons (Fsp3) is 0.926. The van der Waals surface area contributed by atoms with Crippen LogP contribution in [0.15, 0.2) is 0 Å². The van der Waals surface area contributed by atoms with Crippen LogP contribution in [0, 0.1) is 10.8 Å². The standard InChI is InChI=1S/C27H48O4/c1-24(2,3)30-22(28)26(18-19-26)16-14-12-10-8-7-9-11-13-15-17-27(20-21-27)23(29)31-25(4,5)6/h7-21H2,1-6H3. The topological polar surface area (TPSA) is 52.6 Å². The second-order valence-electron chi connectivity index (χ2n) is 12.2. The highest BCUT2D eigenvalue weighted by molar-refractivity contribution is 5.80. The molecule has 0 aromatic heterocycles. The summed E-state index contributed by atoms with van der Waals surface area (Å²) in [7, 11) is 0. The highest BCUT2D eigenvalue weighted by Crippen LogP contribution is 2.52. The van der Waals surface area contributed by atoms with E-state index in [1.165, 1.54) is 44.9 Å². The number of hydrogen-bond acceptors (Lipinski definition) is 4. The minimum atomic E-state index is -0.373. The van der Waals surface area contributed by atoms with Crippen molar-refractivity contribution < 1.29 is 19.1 Å². The monoisotopic (exact) mass is 436 g/mol. The van der Waals surface area contributed by atoms with Gasteiger partial charge >= 0.3 is 11.9 Å². The summed E-state index contributed by atoms with van der Waals surface area (Å²) < 4.78 is 11.2. The van der Waals surface area contributed by atoms with E-state index in [-0.39, 0.29) is 34.0 Å². The number of rotatable bonds is 14. The van der Waals surface area contributed by atoms with Gasteiger partial charge in [-0.15, -0.1) is 0 Å². The molecule has 0 radical (unpaired) electrons. The maximum atomic E-state index is 12.4. The SMILES string of the molecule is CC(C)(C)OC(=O)C1(CCCCCCCCCCCC2(C(=O)OC(C)(C)C)CC2)CC1. The molecule has 2 saturated carbocycles. The molecule has 0 aromatic rings. The van der Waals surface area contributed by atoms with Gasteiger partial charge in [0.1, 0.15) is 11.2 Å². The highest BCUT2D eigenvalue weighted by Gasteiger charge is 2.52. The second-order valence-corrected chi connectivity index (χ2v) is 12.2. The Bertz CT molecular complexity index is 533. The average molecular weight is 437 g/mol. The van der Waals surface area contributed by atoms with Crippen LogP contribution in [0.1, 0.15) is 138 Å². The lowest BCUT2D eigenvalue weighted by Crippen LogP contribution is -2.29. The van der Waals surface area contributed by atoms with E-state index in [2.05, 4.69) is 0 Å². The lowest BCUT2D eigenvalue weighted by atomic mass is 9.96. The molecule has 0 bridgehead atoms. The van der Waals surface area contributed by atoms with E-state index in [0.29, 0.717) is 0 Å². The first-order valence-corrected chi connectivity index (χ1v) is 12.8. The Morgan fingerprint density at radius 1 is 0.548 bits per heavy atom. The molecule has 0 aliphatic heterocycles. The molecule has 2 rings (SSSR count). The van der Waals surface area contributed by atoms with Gasteiger partial charge in [0, 0.05) is 0 Å². The van der Waals surface area contributed by atoms with E-state index >= 15 is 0 Å². The summed E-state index contributed by atoms with van der Waals surface area (Å²) in [5.74, 6) is 0.0549. The van der Waals surface area contributed by atoms with Gasteiger partial charge < -0.3 is 9.47 Å². The minimum absolute atomic E-state index is 0.0275. The van der Waals surface area contributed by atoms with Gasteiger partial charge in [0.15, 0.2) is 0 Å². The van der Waals surface area contributed by atoms with Gasteiger partial charge in [-0.3, -0.25) is 9.59 Å². The van der Waals surface area contributed by atoms with Crippen LogP contribution in [0.4, 0.5) is 0 Å². The Morgan fingerprint density at radius 3 is 1.03 bits per heavy atom. The van der Waals surface area contributed by atoms with Gasteiger partial charge in [-0.2, -0.15) is 0 Å². The summed E-state index contributed by atoms with van der Waals surface area (Å²) in [5.41, 5.74) is -1.04. The maximum absolute atomic E-state index is 12.4. The van der Waals surface area contributed by atoms with E-state index < -0.39 is 0 Å². The van der Waals surface area contributed by atoms with Crippen LogP contribution < -0.4 is 0 Å². The summed E-state index contributed by atoms with van der Waals surface area (Å²) in [6, 6.07) is 0. The van der Waals surface area contributed by atoms with Crippen molar-refractivity contribution in [3.8, 4) is 0 Å². The first-order valence-electron chi connectivity index (χ1n) is 12.8. The van der Waals surface area contributed by atoms with E-state index in [1.807, 2.05) is 41.5 Å². The van der Waals surface area contributed by atoms with Crippen LogP contribution in [0.3, 0.4) is 0 Å². The summed E-state index contributed by atoms with van der Waals surface area (Å²) in [4.78, 5) is 24.7. The normalized spacial score (nSPS) is 19.0. The first kappa shape index (κ1) is 26.2. The molecule has 0 spiro atoms. The van der Waals surface area contributed by atoms with Gasteiger partial charge in [0.05, 0.1) is 10.8 Å². The lowest BCUT2D eigenvalue weighted by Gasteiger charge is -2.23. The third kappa shape index (κ3) is 9.53. The number of carbonyl (C=O) groups is 2. The predicted molar refractivity (Wildman–Crippen MR) is 126 cm³/mol. The van der Waals surface area contributed by atoms with E-state index in [9.17, 15) is 9.59 Å². The van der Waals surface area contributed by atoms with Crippen LogP contribution >= 0.6 is 0 Å². The summed E-state index contributed by atoms with van der Waals surface area (Å²) in [6.07, 6.45) is 17.2. The zero-order valence-electron chi connectivity index (χ0n) is 21.2. The molecule has 4 nitrogen and oxygen atoms in total. The molecule has 31 heavy (non-hydrogen) atoms. The molecular weight excluding hydrogens is 388 g/mol. The van der Waals surface area contributed by atoms with Crippen molar-refractivity contribution in [2.75, 3.05) is 0 Å². The molecule has 2 aliphatic carbocycles. The van der Waals surface area contributed by atoms with E-state index in [1.54, 1.807) is 0 Å². The molecule has 0 unspecified atom stereocenters. The molecule has 0 amide bonds. The Balaban J connectivity index is 1.43. The zero-order valence-corrected chi connectivity index (χ0v) is 21.2. The van der Waals surface area contributed by atoms with Gasteiger partial charge in [-0.1, -0.05) is 57.8 Å². The zero-order chi connectivity index (χ0) is 23.2. The van der Waals surface area contributed by atoms with Gasteiger partial charge in [-0.25, -0.2) is 0 Å². The molecule has 0 heterocycles. The fourth-order valence-corrected chi connectivity index (χ4v) is 4.35. The Labute approximate surface area is 191 Å². The quantitative estimate of drug-likeness (QED) is 0.209. The van der Waals surface area contributed by atoms with Crippen LogP contribution in [-0.2, 0) is 19.1 Å². The number of carbonyl (C=O) groups excluding carboxylic acids is 2. The smallest absolute Gasteiger partial charge is 0.312 e. The van der Waals surface area contributed by atoms with E-state index in [0.717, 1.165) is 51.4 Å². The maximum Gasteiger partial charge on any atom is 0.312 e. The molecule has 2 fully saturated rings. The van der Waals surface area contributed by atoms with Crippen LogP contribution in [0.2, 0.25) is 0 Å². The molecule has 0 N–H and O–H groups in total. The first-order chi connectivity index (χ1) is 14.4. The predicted octanol–water partition coefficient (Wildman–Crippen LogP) is 7.52. The number of ether oxygens (including phenoxy) is 2. The largest absolute Gasteiger partial charge is 0.460 e. The summed E-state index contributed by atoms with van der Waals surface area (Å²) >= 11 is 0. The average Bonchev–Trinajstić information content (AvgIpc) is 3.52. The van der Waals surface area contributed by atoms with Gasteiger partial charge in [0.25, 0.3) is 0 Å². The Morgan fingerprint density at radius 2 is 0.806 bits per heavy atom. The molecule has 0 aromatic carbocycles. The Hall–Kier alpha value is -1.06. The molecule has 180 valence electrons. The van der Waals surface area contributed by atoms with Crippen molar-refractivity contribution in [3.05, 3.63) is 0 Å². The lowest BCUT2D eigenvalue weighted by molar-refractivity contribution is -0.163. The third-order valence-corrected chi connectivity index (χ3v) is 6.68. The number of esters is 2. The van der Waals surface area contributed by atoms with Gasteiger partial charge in [-0.05, 0) is 80.1 Å². The highest BCUT2D eigenvalue weighted by atomic mass is 16.6. The summed E-state index contributed by atoms with van der Waals surface area (Å²) in [6.45, 7) is 11.7. The fourth-order valence-electron chi connectivity index (χ4n) is 4.35. The summed E-state index contributed by atoms with van der Waals surface area (Å²) in [5, 5.41) is 0. The molecular formula is C27H48O4. The third-order valence-electron chi connectivity index (χ3n) is 6.68. The second kappa shape index (κ2) is 10.7. The molecule has 4 heteroatoms. The van der Waals surface area contributed by atoms with Crippen LogP contribution in [0.25, 0.3) is 0 Å². The molecule has 2 aliphatic rings. The van der Waals surface area contributed by atoms with E-state index in [4.69, 9.17) is 9.47 Å². The van der Waals surface area contributed by atoms with Crippen LogP contribution in [-0.4, -0.2) is 23.1 Å². The van der Waals surface area contributed by atoms with Gasteiger partial charge in [0.2, 0.25) is 0 Å². The van der Waals surface area contributed by atoms with Crippen molar-refractivity contribution in [1.29, 1.82) is 0 Å². The van der Waals surface area contributed by atoms with Crippen molar-refractivity contribution >= 4 is 11.9 Å².